The van der Waals surface area contributed by atoms with E-state index in [9.17, 15) is 4.79 Å². The maximum Gasteiger partial charge on any atom is 0.333 e. The molecule has 1 aromatic rings. The molecule has 0 aliphatic carbocycles. The van der Waals surface area contributed by atoms with Crippen LogP contribution in [0.5, 0.6) is 0 Å². The third kappa shape index (κ3) is 2.34. The van der Waals surface area contributed by atoms with Crippen LogP contribution in [0.4, 0.5) is 0 Å². The van der Waals surface area contributed by atoms with E-state index in [0.717, 1.165) is 5.56 Å². The Morgan fingerprint density at radius 1 is 1.33 bits per heavy atom. The van der Waals surface area contributed by atoms with Gasteiger partial charge in [-0.3, -0.25) is 0 Å². The van der Waals surface area contributed by atoms with Crippen molar-refractivity contribution in [3.63, 3.8) is 0 Å². The average Bonchev–Trinajstić information content (AvgIpc) is 2.30. The Bertz CT molecular complexity index is 336. The van der Waals surface area contributed by atoms with Gasteiger partial charge in [-0.05, 0) is 0 Å². The lowest BCUT2D eigenvalue weighted by Crippen LogP contribution is -2.33. The Morgan fingerprint density at radius 2 is 2.07 bits per heavy atom. The summed E-state index contributed by atoms with van der Waals surface area (Å²) in [7, 11) is 0. The van der Waals surface area contributed by atoms with Crippen LogP contribution in [0.15, 0.2) is 30.3 Å². The van der Waals surface area contributed by atoms with E-state index in [0.29, 0.717) is 13.0 Å². The van der Waals surface area contributed by atoms with E-state index in [1.165, 1.54) is 0 Å². The summed E-state index contributed by atoms with van der Waals surface area (Å²) in [5.74, 6) is -0.931. The van der Waals surface area contributed by atoms with E-state index in [1.54, 1.807) is 0 Å². The highest BCUT2D eigenvalue weighted by Crippen LogP contribution is 2.25. The molecule has 0 saturated carbocycles. The summed E-state index contributed by atoms with van der Waals surface area (Å²) in [5, 5.41) is 8.82. The number of carboxylic acid groups (broad SMARTS) is 1. The highest BCUT2D eigenvalue weighted by Gasteiger charge is 2.28. The average molecular weight is 208 g/mol. The molecule has 0 radical (unpaired) electrons. The fraction of sp³-hybridized carbons (Fsp3) is 0.364. The minimum atomic E-state index is -0.931. The SMILES string of the molecule is O=C(O)C1CCOC(c2ccccc2)O1. The third-order valence-corrected chi connectivity index (χ3v) is 2.28. The van der Waals surface area contributed by atoms with Crippen LogP contribution in [-0.2, 0) is 14.3 Å². The van der Waals surface area contributed by atoms with Crippen molar-refractivity contribution >= 4 is 5.97 Å². The van der Waals surface area contributed by atoms with E-state index in [-0.39, 0.29) is 0 Å². The quantitative estimate of drug-likeness (QED) is 0.801. The predicted molar refractivity (Wildman–Crippen MR) is 52.3 cm³/mol. The Labute approximate surface area is 87.4 Å². The molecular weight excluding hydrogens is 196 g/mol. The second-order valence-electron chi connectivity index (χ2n) is 3.37. The molecule has 4 nitrogen and oxygen atoms in total. The highest BCUT2D eigenvalue weighted by molar-refractivity contribution is 5.72. The molecule has 0 amide bonds. The van der Waals surface area contributed by atoms with Crippen molar-refractivity contribution in [3.05, 3.63) is 35.9 Å². The first-order chi connectivity index (χ1) is 7.27. The van der Waals surface area contributed by atoms with Crippen molar-refractivity contribution in [2.45, 2.75) is 18.8 Å². The second-order valence-corrected chi connectivity index (χ2v) is 3.37. The number of ether oxygens (including phenoxy) is 2. The van der Waals surface area contributed by atoms with Gasteiger partial charge in [0, 0.05) is 12.0 Å². The summed E-state index contributed by atoms with van der Waals surface area (Å²) < 4.78 is 10.7. The number of benzene rings is 1. The van der Waals surface area contributed by atoms with Crippen LogP contribution in [0, 0.1) is 0 Å². The maximum absolute atomic E-state index is 10.8. The van der Waals surface area contributed by atoms with Gasteiger partial charge in [-0.2, -0.15) is 0 Å². The fourth-order valence-electron chi connectivity index (χ4n) is 1.51. The van der Waals surface area contributed by atoms with Crippen LogP contribution in [-0.4, -0.2) is 23.8 Å². The number of hydrogen-bond acceptors (Lipinski definition) is 3. The van der Waals surface area contributed by atoms with Crippen LogP contribution in [0.1, 0.15) is 18.3 Å². The molecule has 2 unspecified atom stereocenters. The van der Waals surface area contributed by atoms with Gasteiger partial charge in [0.05, 0.1) is 6.61 Å². The Morgan fingerprint density at radius 3 is 2.73 bits per heavy atom. The lowest BCUT2D eigenvalue weighted by Gasteiger charge is -2.27. The molecule has 80 valence electrons. The molecule has 2 atom stereocenters. The minimum Gasteiger partial charge on any atom is -0.479 e. The molecule has 15 heavy (non-hydrogen) atoms. The summed E-state index contributed by atoms with van der Waals surface area (Å²) in [6.07, 6.45) is -0.913. The molecule has 1 N–H and O–H groups in total. The summed E-state index contributed by atoms with van der Waals surface area (Å²) in [5.41, 5.74) is 0.850. The minimum absolute atomic E-state index is 0.401. The van der Waals surface area contributed by atoms with Crippen molar-refractivity contribution in [3.8, 4) is 0 Å². The zero-order valence-electron chi connectivity index (χ0n) is 8.13. The van der Waals surface area contributed by atoms with Crippen LogP contribution < -0.4 is 0 Å². The molecule has 1 aromatic carbocycles. The Hall–Kier alpha value is -1.39. The normalized spacial score (nSPS) is 26.1. The van der Waals surface area contributed by atoms with Crippen LogP contribution in [0.3, 0.4) is 0 Å². The molecule has 4 heteroatoms. The van der Waals surface area contributed by atoms with E-state index < -0.39 is 18.4 Å². The van der Waals surface area contributed by atoms with Gasteiger partial charge in [-0.15, -0.1) is 0 Å². The number of aliphatic carboxylic acids is 1. The number of carbonyl (C=O) groups is 1. The first-order valence-electron chi connectivity index (χ1n) is 4.82. The summed E-state index contributed by atoms with van der Waals surface area (Å²) in [4.78, 5) is 10.8. The van der Waals surface area contributed by atoms with Gasteiger partial charge in [0.25, 0.3) is 0 Å². The predicted octanol–water partition coefficient (Wildman–Crippen LogP) is 1.58. The molecule has 1 saturated heterocycles. The van der Waals surface area contributed by atoms with Gasteiger partial charge in [-0.25, -0.2) is 4.79 Å². The molecule has 1 fully saturated rings. The lowest BCUT2D eigenvalue weighted by atomic mass is 10.2. The Kier molecular flexibility index (Phi) is 2.99. The number of rotatable bonds is 2. The largest absolute Gasteiger partial charge is 0.479 e. The van der Waals surface area contributed by atoms with Gasteiger partial charge >= 0.3 is 5.97 Å². The summed E-state index contributed by atoms with van der Waals surface area (Å²) in [6.45, 7) is 0.413. The molecule has 2 rings (SSSR count). The molecule has 0 bridgehead atoms. The molecule has 0 aromatic heterocycles. The van der Waals surface area contributed by atoms with Crippen LogP contribution in [0.2, 0.25) is 0 Å². The molecule has 1 aliphatic heterocycles. The number of carboxylic acids is 1. The standard InChI is InChI=1S/C11H12O4/c12-10(13)9-6-7-14-11(15-9)8-4-2-1-3-5-8/h1-5,9,11H,6-7H2,(H,12,13). The smallest absolute Gasteiger partial charge is 0.333 e. The monoisotopic (exact) mass is 208 g/mol. The zero-order chi connectivity index (χ0) is 10.7. The molecular formula is C11H12O4. The van der Waals surface area contributed by atoms with E-state index in [2.05, 4.69) is 0 Å². The Balaban J connectivity index is 2.08. The van der Waals surface area contributed by atoms with Crippen molar-refractivity contribution in [1.29, 1.82) is 0 Å². The maximum atomic E-state index is 10.8. The van der Waals surface area contributed by atoms with Gasteiger partial charge in [0.15, 0.2) is 12.4 Å². The zero-order valence-corrected chi connectivity index (χ0v) is 8.13. The number of hydrogen-bond donors (Lipinski definition) is 1. The third-order valence-electron chi connectivity index (χ3n) is 2.28. The van der Waals surface area contributed by atoms with Crippen molar-refractivity contribution in [2.24, 2.45) is 0 Å². The van der Waals surface area contributed by atoms with E-state index in [4.69, 9.17) is 14.6 Å². The van der Waals surface area contributed by atoms with Crippen LogP contribution >= 0.6 is 0 Å². The van der Waals surface area contributed by atoms with E-state index in [1.807, 2.05) is 30.3 Å². The summed E-state index contributed by atoms with van der Waals surface area (Å²) in [6, 6.07) is 9.34. The van der Waals surface area contributed by atoms with Gasteiger partial charge in [0.1, 0.15) is 0 Å². The highest BCUT2D eigenvalue weighted by atomic mass is 16.7. The second kappa shape index (κ2) is 4.42. The van der Waals surface area contributed by atoms with Gasteiger partial charge in [-0.1, -0.05) is 30.3 Å². The van der Waals surface area contributed by atoms with Crippen molar-refractivity contribution < 1.29 is 19.4 Å². The molecule has 1 aliphatic rings. The summed E-state index contributed by atoms with van der Waals surface area (Å²) >= 11 is 0. The first-order valence-corrected chi connectivity index (χ1v) is 4.82. The van der Waals surface area contributed by atoms with Crippen molar-refractivity contribution in [1.82, 2.24) is 0 Å². The molecule has 1 heterocycles. The first kappa shape index (κ1) is 10.1. The van der Waals surface area contributed by atoms with Gasteiger partial charge < -0.3 is 14.6 Å². The van der Waals surface area contributed by atoms with E-state index >= 15 is 0 Å². The van der Waals surface area contributed by atoms with Crippen LogP contribution in [0.25, 0.3) is 0 Å². The topological polar surface area (TPSA) is 55.8 Å². The van der Waals surface area contributed by atoms with Gasteiger partial charge in [0.2, 0.25) is 0 Å². The lowest BCUT2D eigenvalue weighted by molar-refractivity contribution is -0.224. The van der Waals surface area contributed by atoms with Crippen molar-refractivity contribution in [2.75, 3.05) is 6.61 Å². The molecule has 0 spiro atoms. The fourth-order valence-corrected chi connectivity index (χ4v) is 1.51.